The zero-order chi connectivity index (χ0) is 13.0. The molecular formula is C13H24N4O. The molecule has 2 heterocycles. The standard InChI is InChI=1S/C13H24N4O/c1-10(2)9-11(14)12-15-13(16-18-12)17-7-5-3-4-6-8-17/h10-11H,3-9,14H2,1-2H3/t11-/m1/s1. The van der Waals surface area contributed by atoms with E-state index in [-0.39, 0.29) is 6.04 Å². The van der Waals surface area contributed by atoms with Crippen LogP contribution in [0.4, 0.5) is 5.95 Å². The number of hydrogen-bond donors (Lipinski definition) is 1. The second-order valence-electron chi connectivity index (χ2n) is 5.57. The van der Waals surface area contributed by atoms with Gasteiger partial charge in [0.25, 0.3) is 5.95 Å². The van der Waals surface area contributed by atoms with Gasteiger partial charge >= 0.3 is 0 Å². The Kier molecular flexibility index (Phi) is 4.58. The fourth-order valence-corrected chi connectivity index (χ4v) is 2.39. The van der Waals surface area contributed by atoms with Gasteiger partial charge in [0.05, 0.1) is 6.04 Å². The van der Waals surface area contributed by atoms with Gasteiger partial charge in [0.1, 0.15) is 0 Å². The average Bonchev–Trinajstić information content (AvgIpc) is 2.65. The molecule has 0 saturated carbocycles. The first-order valence-corrected chi connectivity index (χ1v) is 7.01. The molecule has 5 heteroatoms. The molecule has 1 fully saturated rings. The number of rotatable bonds is 4. The third-order valence-electron chi connectivity index (χ3n) is 3.36. The Morgan fingerprint density at radius 1 is 1.22 bits per heavy atom. The summed E-state index contributed by atoms with van der Waals surface area (Å²) in [6.07, 6.45) is 5.90. The van der Waals surface area contributed by atoms with Gasteiger partial charge in [-0.15, -0.1) is 0 Å². The molecule has 0 aromatic carbocycles. The van der Waals surface area contributed by atoms with Crippen LogP contribution < -0.4 is 10.6 Å². The Morgan fingerprint density at radius 2 is 1.89 bits per heavy atom. The van der Waals surface area contributed by atoms with Gasteiger partial charge in [0.15, 0.2) is 0 Å². The highest BCUT2D eigenvalue weighted by Gasteiger charge is 2.19. The molecule has 5 nitrogen and oxygen atoms in total. The molecule has 0 aliphatic carbocycles. The molecule has 2 rings (SSSR count). The van der Waals surface area contributed by atoms with E-state index in [2.05, 4.69) is 28.9 Å². The minimum Gasteiger partial charge on any atom is -0.338 e. The van der Waals surface area contributed by atoms with Crippen LogP contribution in [0.3, 0.4) is 0 Å². The summed E-state index contributed by atoms with van der Waals surface area (Å²) in [6, 6.07) is -0.141. The van der Waals surface area contributed by atoms with Crippen molar-refractivity contribution in [3.05, 3.63) is 5.89 Å². The van der Waals surface area contributed by atoms with E-state index in [0.29, 0.717) is 17.8 Å². The third kappa shape index (κ3) is 3.45. The summed E-state index contributed by atoms with van der Waals surface area (Å²) >= 11 is 0. The van der Waals surface area contributed by atoms with Gasteiger partial charge in [0.2, 0.25) is 5.89 Å². The summed E-state index contributed by atoms with van der Waals surface area (Å²) in [5, 5.41) is 4.07. The summed E-state index contributed by atoms with van der Waals surface area (Å²) < 4.78 is 5.29. The SMILES string of the molecule is CC(C)C[C@@H](N)c1nc(N2CCCCCC2)no1. The van der Waals surface area contributed by atoms with Gasteiger partial charge in [-0.2, -0.15) is 4.98 Å². The van der Waals surface area contributed by atoms with Crippen LogP contribution in [0.25, 0.3) is 0 Å². The zero-order valence-corrected chi connectivity index (χ0v) is 11.4. The first-order valence-electron chi connectivity index (χ1n) is 7.01. The minimum atomic E-state index is -0.141. The van der Waals surface area contributed by atoms with E-state index in [1.807, 2.05) is 0 Å². The van der Waals surface area contributed by atoms with Gasteiger partial charge < -0.3 is 15.2 Å². The number of aromatic nitrogens is 2. The molecule has 0 bridgehead atoms. The Labute approximate surface area is 109 Å². The average molecular weight is 252 g/mol. The monoisotopic (exact) mass is 252 g/mol. The predicted octanol–water partition coefficient (Wildman–Crippen LogP) is 2.50. The molecule has 0 radical (unpaired) electrons. The van der Waals surface area contributed by atoms with Crippen LogP contribution in [-0.4, -0.2) is 23.2 Å². The van der Waals surface area contributed by atoms with Crippen LogP contribution >= 0.6 is 0 Å². The van der Waals surface area contributed by atoms with Crippen LogP contribution in [0, 0.1) is 5.92 Å². The van der Waals surface area contributed by atoms with E-state index in [4.69, 9.17) is 10.3 Å². The molecule has 1 aliphatic heterocycles. The molecule has 1 atom stereocenters. The van der Waals surface area contributed by atoms with E-state index < -0.39 is 0 Å². The fourth-order valence-electron chi connectivity index (χ4n) is 2.39. The van der Waals surface area contributed by atoms with Crippen LogP contribution in [0.1, 0.15) is 57.9 Å². The maximum atomic E-state index is 6.05. The molecule has 1 saturated heterocycles. The lowest BCUT2D eigenvalue weighted by Gasteiger charge is -2.16. The van der Waals surface area contributed by atoms with E-state index in [1.54, 1.807) is 0 Å². The molecule has 2 N–H and O–H groups in total. The van der Waals surface area contributed by atoms with Crippen molar-refractivity contribution >= 4 is 5.95 Å². The van der Waals surface area contributed by atoms with Gasteiger partial charge in [-0.1, -0.05) is 26.7 Å². The maximum Gasteiger partial charge on any atom is 0.266 e. The molecule has 1 aromatic heterocycles. The normalized spacial score (nSPS) is 19.0. The second-order valence-corrected chi connectivity index (χ2v) is 5.57. The van der Waals surface area contributed by atoms with Gasteiger partial charge in [-0.3, -0.25) is 0 Å². The molecule has 1 aliphatic rings. The zero-order valence-electron chi connectivity index (χ0n) is 11.4. The first kappa shape index (κ1) is 13.3. The Morgan fingerprint density at radius 3 is 2.50 bits per heavy atom. The molecule has 102 valence electrons. The second kappa shape index (κ2) is 6.18. The van der Waals surface area contributed by atoms with Gasteiger partial charge in [0, 0.05) is 13.1 Å². The largest absolute Gasteiger partial charge is 0.338 e. The highest BCUT2D eigenvalue weighted by atomic mass is 16.5. The number of hydrogen-bond acceptors (Lipinski definition) is 5. The third-order valence-corrected chi connectivity index (χ3v) is 3.36. The van der Waals surface area contributed by atoms with Crippen LogP contribution in [0.5, 0.6) is 0 Å². The summed E-state index contributed by atoms with van der Waals surface area (Å²) in [6.45, 7) is 6.34. The van der Waals surface area contributed by atoms with Crippen molar-refractivity contribution in [3.8, 4) is 0 Å². The van der Waals surface area contributed by atoms with Crippen molar-refractivity contribution in [3.63, 3.8) is 0 Å². The van der Waals surface area contributed by atoms with Crippen molar-refractivity contribution in [2.75, 3.05) is 18.0 Å². The Balaban J connectivity index is 2.00. The first-order chi connectivity index (χ1) is 8.66. The van der Waals surface area contributed by atoms with Crippen molar-refractivity contribution in [2.45, 2.75) is 52.0 Å². The van der Waals surface area contributed by atoms with Crippen LogP contribution in [-0.2, 0) is 0 Å². The summed E-state index contributed by atoms with van der Waals surface area (Å²) in [5.74, 6) is 1.82. The van der Waals surface area contributed by atoms with E-state index in [9.17, 15) is 0 Å². The maximum absolute atomic E-state index is 6.05. The highest BCUT2D eigenvalue weighted by Crippen LogP contribution is 2.21. The molecule has 0 spiro atoms. The van der Waals surface area contributed by atoms with Crippen LogP contribution in [0.15, 0.2) is 4.52 Å². The number of nitrogens with two attached hydrogens (primary N) is 1. The van der Waals surface area contributed by atoms with Crippen molar-refractivity contribution in [1.29, 1.82) is 0 Å². The van der Waals surface area contributed by atoms with E-state index >= 15 is 0 Å². The van der Waals surface area contributed by atoms with E-state index in [1.165, 1.54) is 25.7 Å². The van der Waals surface area contributed by atoms with Crippen molar-refractivity contribution in [2.24, 2.45) is 11.7 Å². The predicted molar refractivity (Wildman–Crippen MR) is 71.4 cm³/mol. The lowest BCUT2D eigenvalue weighted by molar-refractivity contribution is 0.335. The molecule has 0 unspecified atom stereocenters. The number of anilines is 1. The van der Waals surface area contributed by atoms with Crippen LogP contribution in [0.2, 0.25) is 0 Å². The number of nitrogens with zero attached hydrogens (tertiary/aromatic N) is 3. The van der Waals surface area contributed by atoms with E-state index in [0.717, 1.165) is 19.5 Å². The molecule has 0 amide bonds. The summed E-state index contributed by atoms with van der Waals surface area (Å²) in [7, 11) is 0. The molecule has 18 heavy (non-hydrogen) atoms. The fraction of sp³-hybridized carbons (Fsp3) is 0.846. The quantitative estimate of drug-likeness (QED) is 0.891. The molecule has 1 aromatic rings. The van der Waals surface area contributed by atoms with Crippen molar-refractivity contribution in [1.82, 2.24) is 10.1 Å². The summed E-state index contributed by atoms with van der Waals surface area (Å²) in [4.78, 5) is 6.66. The lowest BCUT2D eigenvalue weighted by atomic mass is 10.0. The van der Waals surface area contributed by atoms with Crippen molar-refractivity contribution < 1.29 is 4.52 Å². The topological polar surface area (TPSA) is 68.2 Å². The molecular weight excluding hydrogens is 228 g/mol. The highest BCUT2D eigenvalue weighted by molar-refractivity contribution is 5.27. The summed E-state index contributed by atoms with van der Waals surface area (Å²) in [5.41, 5.74) is 6.05. The van der Waals surface area contributed by atoms with Gasteiger partial charge in [-0.05, 0) is 30.3 Å². The smallest absolute Gasteiger partial charge is 0.266 e. The Hall–Kier alpha value is -1.10. The Bertz CT molecular complexity index is 356. The lowest BCUT2D eigenvalue weighted by Crippen LogP contribution is -2.25. The minimum absolute atomic E-state index is 0.141. The van der Waals surface area contributed by atoms with Gasteiger partial charge in [-0.25, -0.2) is 0 Å².